The Morgan fingerprint density at radius 1 is 1.47 bits per heavy atom. The topological polar surface area (TPSA) is 49.4 Å². The Morgan fingerprint density at radius 2 is 2.16 bits per heavy atom. The summed E-state index contributed by atoms with van der Waals surface area (Å²) < 4.78 is 38.9. The number of hydrogen-bond acceptors (Lipinski definition) is 3. The monoisotopic (exact) mass is 284 g/mol. The largest absolute Gasteiger partial charge is 0.313 e. The predicted octanol–water partition coefficient (Wildman–Crippen LogP) is 1.19. The first-order valence-corrected chi connectivity index (χ1v) is 7.26. The van der Waals surface area contributed by atoms with Gasteiger partial charge in [0.1, 0.15) is 10.7 Å². The number of hydrogen-bond donors (Lipinski definition) is 1. The summed E-state index contributed by atoms with van der Waals surface area (Å²) in [6, 6.07) is 4.08. The minimum Gasteiger partial charge on any atom is -0.313 e. The number of rotatable bonds is 6. The summed E-state index contributed by atoms with van der Waals surface area (Å²) in [5, 5.41) is 3.04. The first kappa shape index (κ1) is 15.6. The molecule has 1 rings (SSSR count). The van der Waals surface area contributed by atoms with Gasteiger partial charge in [0.2, 0.25) is 10.0 Å². The summed E-state index contributed by atoms with van der Waals surface area (Å²) in [5.74, 6) is 1.45. The minimum absolute atomic E-state index is 0.0963. The molecule has 0 unspecified atom stereocenters. The van der Waals surface area contributed by atoms with Crippen molar-refractivity contribution in [1.82, 2.24) is 9.62 Å². The Morgan fingerprint density at radius 3 is 2.68 bits per heavy atom. The molecular formula is C13H17FN2O2S. The maximum atomic E-state index is 13.9. The van der Waals surface area contributed by atoms with E-state index in [0.717, 1.165) is 10.8 Å². The van der Waals surface area contributed by atoms with Crippen LogP contribution in [0.2, 0.25) is 0 Å². The van der Waals surface area contributed by atoms with Crippen molar-refractivity contribution in [2.24, 2.45) is 0 Å². The summed E-state index contributed by atoms with van der Waals surface area (Å²) >= 11 is 0. The zero-order valence-corrected chi connectivity index (χ0v) is 11.8. The highest BCUT2D eigenvalue weighted by Gasteiger charge is 2.23. The van der Waals surface area contributed by atoms with Crippen molar-refractivity contribution >= 4 is 10.0 Å². The normalized spacial score (nSPS) is 11.5. The van der Waals surface area contributed by atoms with E-state index in [9.17, 15) is 12.8 Å². The van der Waals surface area contributed by atoms with Gasteiger partial charge in [-0.1, -0.05) is 18.9 Å². The van der Waals surface area contributed by atoms with Crippen molar-refractivity contribution in [2.75, 3.05) is 20.1 Å². The van der Waals surface area contributed by atoms with Crippen LogP contribution >= 0.6 is 0 Å². The van der Waals surface area contributed by atoms with E-state index in [1.807, 2.05) is 6.92 Å². The standard InChI is InChI=1S/C13H17FN2O2S/c1-4-8-16(3)19(17,18)13-7-6-11(9-12(13)14)10-15-5-2/h1,6-7,9,15H,5,8,10H2,2-3H3. The van der Waals surface area contributed by atoms with Crippen LogP contribution in [0.5, 0.6) is 0 Å². The Labute approximate surface area is 113 Å². The van der Waals surface area contributed by atoms with E-state index in [1.54, 1.807) is 6.07 Å². The lowest BCUT2D eigenvalue weighted by atomic mass is 10.2. The van der Waals surface area contributed by atoms with Crippen molar-refractivity contribution < 1.29 is 12.8 Å². The third-order valence-electron chi connectivity index (χ3n) is 2.58. The van der Waals surface area contributed by atoms with Gasteiger partial charge in [-0.3, -0.25) is 0 Å². The Bertz CT molecular complexity index is 579. The lowest BCUT2D eigenvalue weighted by Gasteiger charge is -2.15. The zero-order chi connectivity index (χ0) is 14.5. The highest BCUT2D eigenvalue weighted by molar-refractivity contribution is 7.89. The van der Waals surface area contributed by atoms with Crippen LogP contribution in [0.4, 0.5) is 4.39 Å². The molecule has 19 heavy (non-hydrogen) atoms. The number of nitrogens with one attached hydrogen (secondary N) is 1. The van der Waals surface area contributed by atoms with Gasteiger partial charge in [-0.15, -0.1) is 6.42 Å². The molecular weight excluding hydrogens is 267 g/mol. The fourth-order valence-corrected chi connectivity index (χ4v) is 2.64. The van der Waals surface area contributed by atoms with E-state index in [-0.39, 0.29) is 11.4 Å². The summed E-state index contributed by atoms with van der Waals surface area (Å²) in [6.45, 7) is 3.09. The van der Waals surface area contributed by atoms with Gasteiger partial charge in [-0.2, -0.15) is 4.31 Å². The lowest BCUT2D eigenvalue weighted by molar-refractivity contribution is 0.492. The smallest absolute Gasteiger partial charge is 0.246 e. The molecule has 1 aromatic carbocycles. The number of nitrogens with zero attached hydrogens (tertiary/aromatic N) is 1. The van der Waals surface area contributed by atoms with Gasteiger partial charge in [0, 0.05) is 13.6 Å². The van der Waals surface area contributed by atoms with Gasteiger partial charge < -0.3 is 5.32 Å². The van der Waals surface area contributed by atoms with Gasteiger partial charge in [0.05, 0.1) is 6.54 Å². The summed E-state index contributed by atoms with van der Waals surface area (Å²) in [7, 11) is -2.55. The van der Waals surface area contributed by atoms with E-state index >= 15 is 0 Å². The molecule has 1 aromatic rings. The average molecular weight is 284 g/mol. The van der Waals surface area contributed by atoms with E-state index < -0.39 is 15.8 Å². The van der Waals surface area contributed by atoms with Crippen LogP contribution in [0.3, 0.4) is 0 Å². The molecule has 0 amide bonds. The molecule has 0 aliphatic carbocycles. The van der Waals surface area contributed by atoms with Crippen molar-refractivity contribution in [3.05, 3.63) is 29.6 Å². The van der Waals surface area contributed by atoms with E-state index in [4.69, 9.17) is 6.42 Å². The number of terminal acetylenes is 1. The predicted molar refractivity (Wildman–Crippen MR) is 72.4 cm³/mol. The molecule has 0 saturated heterocycles. The van der Waals surface area contributed by atoms with Crippen LogP contribution in [0.25, 0.3) is 0 Å². The van der Waals surface area contributed by atoms with E-state index in [1.165, 1.54) is 19.2 Å². The first-order valence-electron chi connectivity index (χ1n) is 5.82. The molecule has 0 spiro atoms. The van der Waals surface area contributed by atoms with Gasteiger partial charge in [-0.25, -0.2) is 12.8 Å². The summed E-state index contributed by atoms with van der Waals surface area (Å²) in [4.78, 5) is -0.356. The molecule has 6 heteroatoms. The van der Waals surface area contributed by atoms with Gasteiger partial charge >= 0.3 is 0 Å². The number of sulfonamides is 1. The van der Waals surface area contributed by atoms with Crippen molar-refractivity contribution in [3.8, 4) is 12.3 Å². The number of halogens is 1. The average Bonchev–Trinajstić information content (AvgIpc) is 2.36. The summed E-state index contributed by atoms with van der Waals surface area (Å²) in [6.07, 6.45) is 5.06. The second kappa shape index (κ2) is 6.66. The molecule has 0 radical (unpaired) electrons. The summed E-state index contributed by atoms with van der Waals surface area (Å²) in [5.41, 5.74) is 0.693. The van der Waals surface area contributed by atoms with Crippen LogP contribution in [-0.4, -0.2) is 32.9 Å². The van der Waals surface area contributed by atoms with Crippen molar-refractivity contribution in [2.45, 2.75) is 18.4 Å². The van der Waals surface area contributed by atoms with E-state index in [2.05, 4.69) is 11.2 Å². The van der Waals surface area contributed by atoms with Crippen molar-refractivity contribution in [3.63, 3.8) is 0 Å². The Hall–Kier alpha value is -1.42. The maximum absolute atomic E-state index is 13.9. The fourth-order valence-electron chi connectivity index (χ4n) is 1.51. The second-order valence-electron chi connectivity index (χ2n) is 4.01. The quantitative estimate of drug-likeness (QED) is 0.798. The molecule has 0 heterocycles. The van der Waals surface area contributed by atoms with Gasteiger partial charge in [0.25, 0.3) is 0 Å². The van der Waals surface area contributed by atoms with Crippen LogP contribution < -0.4 is 5.32 Å². The van der Waals surface area contributed by atoms with Crippen LogP contribution in [-0.2, 0) is 16.6 Å². The molecule has 0 aliphatic rings. The molecule has 0 aliphatic heterocycles. The van der Waals surface area contributed by atoms with E-state index in [0.29, 0.717) is 12.1 Å². The molecule has 0 aromatic heterocycles. The zero-order valence-electron chi connectivity index (χ0n) is 11.0. The Balaban J connectivity index is 3.06. The first-order chi connectivity index (χ1) is 8.93. The van der Waals surface area contributed by atoms with Gasteiger partial charge in [-0.05, 0) is 24.2 Å². The lowest BCUT2D eigenvalue weighted by Crippen LogP contribution is -2.28. The third-order valence-corrected chi connectivity index (χ3v) is 4.41. The molecule has 104 valence electrons. The van der Waals surface area contributed by atoms with Crippen molar-refractivity contribution in [1.29, 1.82) is 0 Å². The van der Waals surface area contributed by atoms with Crippen LogP contribution in [0.1, 0.15) is 12.5 Å². The third kappa shape index (κ3) is 3.77. The Kier molecular flexibility index (Phi) is 5.48. The SMILES string of the molecule is C#CCN(C)S(=O)(=O)c1ccc(CNCC)cc1F. The van der Waals surface area contributed by atoms with Crippen LogP contribution in [0, 0.1) is 18.2 Å². The minimum atomic E-state index is -3.87. The highest BCUT2D eigenvalue weighted by atomic mass is 32.2. The molecule has 0 saturated carbocycles. The molecule has 1 N–H and O–H groups in total. The van der Waals surface area contributed by atoms with Gasteiger partial charge in [0.15, 0.2) is 0 Å². The molecule has 0 fully saturated rings. The van der Waals surface area contributed by atoms with Crippen LogP contribution in [0.15, 0.2) is 23.1 Å². The highest BCUT2D eigenvalue weighted by Crippen LogP contribution is 2.19. The molecule has 0 atom stereocenters. The second-order valence-corrected chi connectivity index (χ2v) is 6.02. The fraction of sp³-hybridized carbons (Fsp3) is 0.385. The maximum Gasteiger partial charge on any atom is 0.246 e. The molecule has 4 nitrogen and oxygen atoms in total. The number of benzene rings is 1. The molecule has 0 bridgehead atoms.